The van der Waals surface area contributed by atoms with E-state index in [1.807, 2.05) is 29.6 Å². The highest BCUT2D eigenvalue weighted by Crippen LogP contribution is 2.33. The minimum absolute atomic E-state index is 0.0909. The molecular formula is C18H22N2O2S. The van der Waals surface area contributed by atoms with Crippen LogP contribution in [0.2, 0.25) is 0 Å². The van der Waals surface area contributed by atoms with Gasteiger partial charge in [0.15, 0.2) is 0 Å². The molecule has 23 heavy (non-hydrogen) atoms. The number of methoxy groups -OCH3 is 1. The minimum atomic E-state index is 0.0909. The van der Waals surface area contributed by atoms with E-state index in [1.54, 1.807) is 18.4 Å². The molecule has 5 heteroatoms. The first-order valence-electron chi connectivity index (χ1n) is 7.93. The van der Waals surface area contributed by atoms with E-state index in [0.717, 1.165) is 25.1 Å². The van der Waals surface area contributed by atoms with Crippen molar-refractivity contribution in [3.63, 3.8) is 0 Å². The Morgan fingerprint density at radius 1 is 1.39 bits per heavy atom. The lowest BCUT2D eigenvalue weighted by Crippen LogP contribution is -2.36. The van der Waals surface area contributed by atoms with Crippen molar-refractivity contribution in [1.29, 1.82) is 0 Å². The van der Waals surface area contributed by atoms with E-state index in [4.69, 9.17) is 4.74 Å². The van der Waals surface area contributed by atoms with Crippen LogP contribution in [0.3, 0.4) is 0 Å². The molecule has 4 nitrogen and oxygen atoms in total. The molecule has 0 saturated carbocycles. The summed E-state index contributed by atoms with van der Waals surface area (Å²) in [5.41, 5.74) is 1.23. The molecule has 2 aromatic rings. The quantitative estimate of drug-likeness (QED) is 0.884. The molecule has 0 bridgehead atoms. The first-order chi connectivity index (χ1) is 11.3. The standard InChI is InChI=1S/C18H22N2O2S/c1-22-15-6-2-5-14(11-15)17-8-3-9-20(17)13-18(21)19-12-16-7-4-10-23-16/h2,4-7,10-11,17H,3,8-9,12-13H2,1H3,(H,19,21)/t17-/m1/s1. The van der Waals surface area contributed by atoms with Crippen molar-refractivity contribution >= 4 is 17.2 Å². The maximum Gasteiger partial charge on any atom is 0.234 e. The van der Waals surface area contributed by atoms with Crippen molar-refractivity contribution in [2.45, 2.75) is 25.4 Å². The summed E-state index contributed by atoms with van der Waals surface area (Å²) < 4.78 is 5.31. The smallest absolute Gasteiger partial charge is 0.234 e. The number of ether oxygens (including phenoxy) is 1. The molecule has 1 atom stereocenters. The average molecular weight is 330 g/mol. The molecule has 1 fully saturated rings. The second kappa shape index (κ2) is 7.62. The Hall–Kier alpha value is -1.85. The molecule has 0 unspecified atom stereocenters. The van der Waals surface area contributed by atoms with Crippen LogP contribution < -0.4 is 10.1 Å². The number of benzene rings is 1. The fraction of sp³-hybridized carbons (Fsp3) is 0.389. The highest BCUT2D eigenvalue weighted by atomic mass is 32.1. The van der Waals surface area contributed by atoms with Crippen molar-refractivity contribution in [3.05, 3.63) is 52.2 Å². The molecule has 0 spiro atoms. The van der Waals surface area contributed by atoms with Gasteiger partial charge in [-0.3, -0.25) is 9.69 Å². The van der Waals surface area contributed by atoms with Gasteiger partial charge in [-0.2, -0.15) is 0 Å². The summed E-state index contributed by atoms with van der Waals surface area (Å²) >= 11 is 1.67. The third-order valence-electron chi connectivity index (χ3n) is 4.23. The van der Waals surface area contributed by atoms with Gasteiger partial charge in [-0.05, 0) is 48.5 Å². The lowest BCUT2D eigenvalue weighted by atomic mass is 10.0. The van der Waals surface area contributed by atoms with Crippen LogP contribution in [0.15, 0.2) is 41.8 Å². The Bertz CT molecular complexity index is 642. The van der Waals surface area contributed by atoms with Crippen LogP contribution in [0, 0.1) is 0 Å². The summed E-state index contributed by atoms with van der Waals surface area (Å²) in [7, 11) is 1.68. The topological polar surface area (TPSA) is 41.6 Å². The molecule has 1 aliphatic rings. The molecule has 0 aliphatic carbocycles. The lowest BCUT2D eigenvalue weighted by molar-refractivity contribution is -0.122. The highest BCUT2D eigenvalue weighted by molar-refractivity contribution is 7.09. The molecule has 3 rings (SSSR count). The number of carbonyl (C=O) groups is 1. The Morgan fingerprint density at radius 2 is 2.30 bits per heavy atom. The van der Waals surface area contributed by atoms with E-state index in [0.29, 0.717) is 19.1 Å². The largest absolute Gasteiger partial charge is 0.497 e. The van der Waals surface area contributed by atoms with Gasteiger partial charge in [0.2, 0.25) is 5.91 Å². The number of amides is 1. The van der Waals surface area contributed by atoms with Crippen LogP contribution in [-0.4, -0.2) is 31.0 Å². The molecule has 1 aromatic carbocycles. The van der Waals surface area contributed by atoms with Crippen LogP contribution in [0.4, 0.5) is 0 Å². The van der Waals surface area contributed by atoms with Gasteiger partial charge in [-0.15, -0.1) is 11.3 Å². The fourth-order valence-corrected chi connectivity index (χ4v) is 3.73. The monoisotopic (exact) mass is 330 g/mol. The van der Waals surface area contributed by atoms with Crippen LogP contribution in [0.1, 0.15) is 29.3 Å². The van der Waals surface area contributed by atoms with Gasteiger partial charge in [0.1, 0.15) is 5.75 Å². The summed E-state index contributed by atoms with van der Waals surface area (Å²) in [5.74, 6) is 0.963. The Labute approximate surface area is 141 Å². The summed E-state index contributed by atoms with van der Waals surface area (Å²) in [5, 5.41) is 5.04. The van der Waals surface area contributed by atoms with Crippen molar-refractivity contribution in [2.75, 3.05) is 20.2 Å². The molecule has 2 heterocycles. The van der Waals surface area contributed by atoms with Gasteiger partial charge in [-0.1, -0.05) is 18.2 Å². The van der Waals surface area contributed by atoms with Gasteiger partial charge in [0.25, 0.3) is 0 Å². The number of rotatable bonds is 6. The number of thiophene rings is 1. The molecule has 1 aromatic heterocycles. The summed E-state index contributed by atoms with van der Waals surface area (Å²) in [6.07, 6.45) is 2.21. The van der Waals surface area contributed by atoms with Crippen LogP contribution in [-0.2, 0) is 11.3 Å². The van der Waals surface area contributed by atoms with E-state index >= 15 is 0 Å². The Kier molecular flexibility index (Phi) is 5.31. The molecule has 1 N–H and O–H groups in total. The Balaban J connectivity index is 1.58. The van der Waals surface area contributed by atoms with Crippen molar-refractivity contribution in [3.8, 4) is 5.75 Å². The minimum Gasteiger partial charge on any atom is -0.497 e. The lowest BCUT2D eigenvalue weighted by Gasteiger charge is -2.24. The van der Waals surface area contributed by atoms with Crippen molar-refractivity contribution in [2.24, 2.45) is 0 Å². The average Bonchev–Trinajstić information content (AvgIpc) is 3.24. The number of likely N-dealkylation sites (tertiary alicyclic amines) is 1. The first kappa shape index (κ1) is 16.0. The van der Waals surface area contributed by atoms with Crippen molar-refractivity contribution in [1.82, 2.24) is 10.2 Å². The highest BCUT2D eigenvalue weighted by Gasteiger charge is 2.27. The first-order valence-corrected chi connectivity index (χ1v) is 8.81. The van der Waals surface area contributed by atoms with Crippen LogP contribution >= 0.6 is 11.3 Å². The second-order valence-corrected chi connectivity index (χ2v) is 6.79. The van der Waals surface area contributed by atoms with Crippen molar-refractivity contribution < 1.29 is 9.53 Å². The normalized spacial score (nSPS) is 18.0. The van der Waals surface area contributed by atoms with E-state index in [1.165, 1.54) is 10.4 Å². The molecule has 1 saturated heterocycles. The SMILES string of the molecule is COc1cccc([C@H]2CCCN2CC(=O)NCc2cccs2)c1. The van der Waals surface area contributed by atoms with E-state index in [2.05, 4.69) is 22.3 Å². The van der Waals surface area contributed by atoms with Gasteiger partial charge in [0.05, 0.1) is 20.2 Å². The zero-order valence-electron chi connectivity index (χ0n) is 13.3. The van der Waals surface area contributed by atoms with Crippen LogP contribution in [0.25, 0.3) is 0 Å². The number of nitrogens with zero attached hydrogens (tertiary/aromatic N) is 1. The zero-order chi connectivity index (χ0) is 16.1. The third kappa shape index (κ3) is 4.12. The van der Waals surface area contributed by atoms with E-state index in [-0.39, 0.29) is 5.91 Å². The predicted molar refractivity (Wildman–Crippen MR) is 92.7 cm³/mol. The van der Waals surface area contributed by atoms with Crippen LogP contribution in [0.5, 0.6) is 5.75 Å². The second-order valence-electron chi connectivity index (χ2n) is 5.76. The third-order valence-corrected chi connectivity index (χ3v) is 5.11. The Morgan fingerprint density at radius 3 is 3.09 bits per heavy atom. The van der Waals surface area contributed by atoms with Gasteiger partial charge in [-0.25, -0.2) is 0 Å². The van der Waals surface area contributed by atoms with Gasteiger partial charge < -0.3 is 10.1 Å². The number of nitrogens with one attached hydrogen (secondary N) is 1. The van der Waals surface area contributed by atoms with E-state index < -0.39 is 0 Å². The molecule has 122 valence electrons. The number of hydrogen-bond acceptors (Lipinski definition) is 4. The van der Waals surface area contributed by atoms with Gasteiger partial charge in [0, 0.05) is 10.9 Å². The van der Waals surface area contributed by atoms with E-state index in [9.17, 15) is 4.79 Å². The molecule has 0 radical (unpaired) electrons. The molecular weight excluding hydrogens is 308 g/mol. The summed E-state index contributed by atoms with van der Waals surface area (Å²) in [6.45, 7) is 2.04. The fourth-order valence-electron chi connectivity index (χ4n) is 3.08. The summed E-state index contributed by atoms with van der Waals surface area (Å²) in [6, 6.07) is 12.5. The number of carbonyl (C=O) groups excluding carboxylic acids is 1. The molecule has 1 amide bonds. The molecule has 1 aliphatic heterocycles. The predicted octanol–water partition coefficient (Wildman–Crippen LogP) is 3.21. The maximum atomic E-state index is 12.2. The summed E-state index contributed by atoms with van der Waals surface area (Å²) in [4.78, 5) is 15.7. The van der Waals surface area contributed by atoms with Gasteiger partial charge >= 0.3 is 0 Å². The maximum absolute atomic E-state index is 12.2. The number of hydrogen-bond donors (Lipinski definition) is 1. The zero-order valence-corrected chi connectivity index (χ0v) is 14.1.